The molecule has 4 heteroatoms. The maximum atomic E-state index is 10.5. The predicted molar refractivity (Wildman–Crippen MR) is 39.0 cm³/mol. The van der Waals surface area contributed by atoms with Gasteiger partial charge in [0.15, 0.2) is 6.10 Å². The lowest BCUT2D eigenvalue weighted by Crippen LogP contribution is -2.39. The van der Waals surface area contributed by atoms with Gasteiger partial charge in [-0.1, -0.05) is 6.92 Å². The van der Waals surface area contributed by atoms with Crippen molar-refractivity contribution in [3.63, 3.8) is 0 Å². The Hall–Kier alpha value is -0.610. The molecule has 1 N–H and O–H groups in total. The molecule has 0 aromatic heterocycles. The average Bonchev–Trinajstić information content (AvgIpc) is 2.05. The van der Waals surface area contributed by atoms with Gasteiger partial charge in [-0.3, -0.25) is 4.84 Å². The Kier molecular flexibility index (Phi) is 2.84. The number of hydrogen-bond donors (Lipinski definition) is 1. The molecule has 4 nitrogen and oxygen atoms in total. The Labute approximate surface area is 65.7 Å². The molecular formula is C7H13NO3. The molecule has 0 spiro atoms. The van der Waals surface area contributed by atoms with E-state index in [0.717, 1.165) is 19.5 Å². The third-order valence-corrected chi connectivity index (χ3v) is 1.78. The number of aliphatic carboxylic acids is 1. The average molecular weight is 159 g/mol. The lowest BCUT2D eigenvalue weighted by molar-refractivity contribution is -0.226. The van der Waals surface area contributed by atoms with Crippen molar-refractivity contribution in [3.8, 4) is 0 Å². The number of hydrogen-bond acceptors (Lipinski definition) is 3. The van der Waals surface area contributed by atoms with Crippen molar-refractivity contribution in [2.45, 2.75) is 25.9 Å². The van der Waals surface area contributed by atoms with Gasteiger partial charge in [-0.25, -0.2) is 4.79 Å². The molecule has 1 saturated heterocycles. The lowest BCUT2D eigenvalue weighted by Gasteiger charge is -2.28. The molecule has 0 amide bonds. The summed E-state index contributed by atoms with van der Waals surface area (Å²) in [7, 11) is 0. The van der Waals surface area contributed by atoms with Gasteiger partial charge in [0.25, 0.3) is 0 Å². The van der Waals surface area contributed by atoms with Crippen LogP contribution in [0.1, 0.15) is 19.8 Å². The molecule has 1 atom stereocenters. The van der Waals surface area contributed by atoms with Gasteiger partial charge < -0.3 is 5.11 Å². The topological polar surface area (TPSA) is 49.8 Å². The molecule has 1 heterocycles. The van der Waals surface area contributed by atoms with E-state index >= 15 is 0 Å². The fourth-order valence-electron chi connectivity index (χ4n) is 1.14. The van der Waals surface area contributed by atoms with Crippen LogP contribution in [0.3, 0.4) is 0 Å². The van der Waals surface area contributed by atoms with Gasteiger partial charge in [0.05, 0.1) is 0 Å². The van der Waals surface area contributed by atoms with E-state index in [1.54, 1.807) is 5.06 Å². The molecule has 1 unspecified atom stereocenters. The summed E-state index contributed by atoms with van der Waals surface area (Å²) in [6, 6.07) is 0. The Morgan fingerprint density at radius 3 is 3.09 bits per heavy atom. The number of carbonyl (C=O) groups is 1. The van der Waals surface area contributed by atoms with Crippen LogP contribution in [-0.4, -0.2) is 35.3 Å². The molecule has 0 bridgehead atoms. The summed E-state index contributed by atoms with van der Waals surface area (Å²) in [4.78, 5) is 15.6. The van der Waals surface area contributed by atoms with Gasteiger partial charge in [0.1, 0.15) is 0 Å². The van der Waals surface area contributed by atoms with Crippen LogP contribution in [0.5, 0.6) is 0 Å². The second-order valence-electron chi connectivity index (χ2n) is 2.60. The quantitative estimate of drug-likeness (QED) is 0.637. The molecule has 11 heavy (non-hydrogen) atoms. The molecule has 0 saturated carbocycles. The van der Waals surface area contributed by atoms with E-state index in [9.17, 15) is 4.79 Å². The highest BCUT2D eigenvalue weighted by Crippen LogP contribution is 2.12. The molecule has 1 fully saturated rings. The number of rotatable bonds is 2. The van der Waals surface area contributed by atoms with Gasteiger partial charge in [-0.05, 0) is 12.8 Å². The summed E-state index contributed by atoms with van der Waals surface area (Å²) in [6.07, 6.45) is 0.917. The van der Waals surface area contributed by atoms with Gasteiger partial charge in [-0.2, -0.15) is 5.06 Å². The van der Waals surface area contributed by atoms with Crippen LogP contribution in [0, 0.1) is 0 Å². The smallest absolute Gasteiger partial charge is 0.334 e. The third kappa shape index (κ3) is 2.17. The van der Waals surface area contributed by atoms with Crippen LogP contribution in [-0.2, 0) is 9.63 Å². The van der Waals surface area contributed by atoms with Crippen LogP contribution < -0.4 is 0 Å². The number of carboxylic acid groups (broad SMARTS) is 1. The van der Waals surface area contributed by atoms with E-state index in [-0.39, 0.29) is 0 Å². The van der Waals surface area contributed by atoms with Crippen molar-refractivity contribution in [2.75, 3.05) is 13.1 Å². The zero-order chi connectivity index (χ0) is 8.27. The summed E-state index contributed by atoms with van der Waals surface area (Å²) in [5, 5.41) is 10.3. The second kappa shape index (κ2) is 3.69. The highest BCUT2D eigenvalue weighted by Gasteiger charge is 2.25. The maximum Gasteiger partial charge on any atom is 0.334 e. The first-order valence-electron chi connectivity index (χ1n) is 3.88. The van der Waals surface area contributed by atoms with Crippen molar-refractivity contribution in [3.05, 3.63) is 0 Å². The summed E-state index contributed by atoms with van der Waals surface area (Å²) in [5.41, 5.74) is 0. The standard InChI is InChI=1S/C7H13NO3/c1-2-8-5-3-4-6(11-8)7(9)10/h6H,2-5H2,1H3,(H,9,10). The molecule has 0 aromatic rings. The van der Waals surface area contributed by atoms with Gasteiger partial charge >= 0.3 is 5.97 Å². The monoisotopic (exact) mass is 159 g/mol. The van der Waals surface area contributed by atoms with Crippen LogP contribution >= 0.6 is 0 Å². The molecule has 64 valence electrons. The molecular weight excluding hydrogens is 146 g/mol. The third-order valence-electron chi connectivity index (χ3n) is 1.78. The second-order valence-corrected chi connectivity index (χ2v) is 2.60. The Bertz CT molecular complexity index is 149. The fraction of sp³-hybridized carbons (Fsp3) is 0.857. The molecule has 0 radical (unpaired) electrons. The summed E-state index contributed by atoms with van der Waals surface area (Å²) >= 11 is 0. The maximum absolute atomic E-state index is 10.5. The summed E-state index contributed by atoms with van der Waals surface area (Å²) in [5.74, 6) is -0.858. The van der Waals surface area contributed by atoms with E-state index in [2.05, 4.69) is 0 Å². The number of hydroxylamine groups is 2. The number of nitrogens with zero attached hydrogens (tertiary/aromatic N) is 1. The Morgan fingerprint density at radius 2 is 2.55 bits per heavy atom. The molecule has 1 aliphatic heterocycles. The minimum absolute atomic E-state index is 0.622. The van der Waals surface area contributed by atoms with Crippen LogP contribution in [0.25, 0.3) is 0 Å². The first-order valence-corrected chi connectivity index (χ1v) is 3.88. The van der Waals surface area contributed by atoms with E-state index in [4.69, 9.17) is 9.94 Å². The summed E-state index contributed by atoms with van der Waals surface area (Å²) < 4.78 is 0. The SMILES string of the molecule is CCN1CCCC(C(=O)O)O1. The van der Waals surface area contributed by atoms with Crippen LogP contribution in [0.4, 0.5) is 0 Å². The van der Waals surface area contributed by atoms with Crippen molar-refractivity contribution in [1.82, 2.24) is 5.06 Å². The van der Waals surface area contributed by atoms with Crippen molar-refractivity contribution < 1.29 is 14.7 Å². The zero-order valence-electron chi connectivity index (χ0n) is 6.62. The largest absolute Gasteiger partial charge is 0.479 e. The first kappa shape index (κ1) is 8.49. The van der Waals surface area contributed by atoms with Gasteiger partial charge in [0, 0.05) is 13.1 Å². The predicted octanol–water partition coefficient (Wildman–Crippen LogP) is 0.487. The first-order chi connectivity index (χ1) is 5.24. The van der Waals surface area contributed by atoms with Crippen molar-refractivity contribution in [1.29, 1.82) is 0 Å². The normalized spacial score (nSPS) is 26.8. The summed E-state index contributed by atoms with van der Waals surface area (Å²) in [6.45, 7) is 3.55. The fourth-order valence-corrected chi connectivity index (χ4v) is 1.14. The van der Waals surface area contributed by atoms with Crippen molar-refractivity contribution in [2.24, 2.45) is 0 Å². The zero-order valence-corrected chi connectivity index (χ0v) is 6.62. The van der Waals surface area contributed by atoms with Gasteiger partial charge in [-0.15, -0.1) is 0 Å². The highest BCUT2D eigenvalue weighted by atomic mass is 16.7. The van der Waals surface area contributed by atoms with Crippen LogP contribution in [0.15, 0.2) is 0 Å². The lowest BCUT2D eigenvalue weighted by atomic mass is 10.2. The van der Waals surface area contributed by atoms with E-state index in [0.29, 0.717) is 6.42 Å². The molecule has 1 aliphatic rings. The van der Waals surface area contributed by atoms with Crippen LogP contribution in [0.2, 0.25) is 0 Å². The molecule has 0 aliphatic carbocycles. The van der Waals surface area contributed by atoms with E-state index in [1.165, 1.54) is 0 Å². The van der Waals surface area contributed by atoms with Gasteiger partial charge in [0.2, 0.25) is 0 Å². The molecule has 0 aromatic carbocycles. The Morgan fingerprint density at radius 1 is 1.82 bits per heavy atom. The molecule has 1 rings (SSSR count). The van der Waals surface area contributed by atoms with Crippen molar-refractivity contribution >= 4 is 5.97 Å². The Balaban J connectivity index is 2.39. The van der Waals surface area contributed by atoms with E-state index < -0.39 is 12.1 Å². The number of carboxylic acids is 1. The highest BCUT2D eigenvalue weighted by molar-refractivity contribution is 5.72. The minimum atomic E-state index is -0.858. The minimum Gasteiger partial charge on any atom is -0.479 e. The van der Waals surface area contributed by atoms with E-state index in [1.807, 2.05) is 6.92 Å².